The Morgan fingerprint density at radius 3 is 2.50 bits per heavy atom. The molecule has 16 heavy (non-hydrogen) atoms. The summed E-state index contributed by atoms with van der Waals surface area (Å²) in [5.41, 5.74) is 0.589. The van der Waals surface area contributed by atoms with E-state index in [4.69, 9.17) is 5.11 Å². The summed E-state index contributed by atoms with van der Waals surface area (Å²) in [5.74, 6) is -0.246. The summed E-state index contributed by atoms with van der Waals surface area (Å²) in [6.07, 6.45) is 0. The molecule has 0 aromatic heterocycles. The van der Waals surface area contributed by atoms with Crippen LogP contribution in [0.4, 0.5) is 5.69 Å². The molecule has 0 aliphatic carbocycles. The van der Waals surface area contributed by atoms with E-state index in [1.807, 2.05) is 13.8 Å². The average molecular weight is 243 g/mol. The van der Waals surface area contributed by atoms with Gasteiger partial charge in [-0.25, -0.2) is 8.42 Å². The van der Waals surface area contributed by atoms with E-state index >= 15 is 0 Å². The molecule has 0 atom stereocenters. The first kappa shape index (κ1) is 13.0. The lowest BCUT2D eigenvalue weighted by molar-refractivity contribution is 0.319. The first-order chi connectivity index (χ1) is 7.47. The molecule has 1 rings (SSSR count). The lowest BCUT2D eigenvalue weighted by Crippen LogP contribution is -2.16. The zero-order valence-electron chi connectivity index (χ0n) is 9.47. The third kappa shape index (κ3) is 3.21. The van der Waals surface area contributed by atoms with Crippen molar-refractivity contribution in [3.05, 3.63) is 24.3 Å². The number of aliphatic hydroxyl groups excluding tert-OH is 1. The molecule has 0 unspecified atom stereocenters. The highest BCUT2D eigenvalue weighted by atomic mass is 32.2. The number of aliphatic hydroxyl groups is 1. The van der Waals surface area contributed by atoms with Crippen molar-refractivity contribution in [3.8, 4) is 0 Å². The summed E-state index contributed by atoms with van der Waals surface area (Å²) in [6, 6.07) is 6.89. The molecule has 5 heteroatoms. The van der Waals surface area contributed by atoms with E-state index in [0.717, 1.165) is 0 Å². The Morgan fingerprint density at radius 1 is 1.31 bits per heavy atom. The van der Waals surface area contributed by atoms with E-state index in [1.165, 1.54) is 0 Å². The van der Waals surface area contributed by atoms with Gasteiger partial charge in [0, 0.05) is 6.04 Å². The van der Waals surface area contributed by atoms with Crippen molar-refractivity contribution in [2.24, 2.45) is 0 Å². The first-order valence-corrected chi connectivity index (χ1v) is 6.82. The number of nitrogens with one attached hydrogen (secondary N) is 1. The van der Waals surface area contributed by atoms with E-state index in [0.29, 0.717) is 5.69 Å². The SMILES string of the molecule is CC(C)Nc1ccccc1S(=O)(=O)CCO. The Kier molecular flexibility index (Phi) is 4.32. The van der Waals surface area contributed by atoms with Crippen LogP contribution in [0.5, 0.6) is 0 Å². The number of hydrogen-bond acceptors (Lipinski definition) is 4. The molecular weight excluding hydrogens is 226 g/mol. The molecule has 0 radical (unpaired) electrons. The largest absolute Gasteiger partial charge is 0.395 e. The Morgan fingerprint density at radius 2 is 1.94 bits per heavy atom. The molecular formula is C11H17NO3S. The Labute approximate surface area is 96.2 Å². The Balaban J connectivity index is 3.13. The van der Waals surface area contributed by atoms with E-state index in [-0.39, 0.29) is 23.3 Å². The lowest BCUT2D eigenvalue weighted by atomic mass is 10.3. The first-order valence-electron chi connectivity index (χ1n) is 5.16. The minimum Gasteiger partial charge on any atom is -0.395 e. The van der Waals surface area contributed by atoms with Crippen molar-refractivity contribution < 1.29 is 13.5 Å². The molecule has 90 valence electrons. The quantitative estimate of drug-likeness (QED) is 0.817. The van der Waals surface area contributed by atoms with Gasteiger partial charge in [0.25, 0.3) is 0 Å². The average Bonchev–Trinajstić information content (AvgIpc) is 2.17. The van der Waals surface area contributed by atoms with Gasteiger partial charge in [-0.1, -0.05) is 12.1 Å². The zero-order valence-corrected chi connectivity index (χ0v) is 10.3. The summed E-state index contributed by atoms with van der Waals surface area (Å²) < 4.78 is 23.7. The topological polar surface area (TPSA) is 66.4 Å². The molecule has 1 aromatic carbocycles. The molecule has 0 fully saturated rings. The van der Waals surface area contributed by atoms with Crippen LogP contribution in [0, 0.1) is 0 Å². The third-order valence-electron chi connectivity index (χ3n) is 2.03. The summed E-state index contributed by atoms with van der Waals surface area (Å²) in [5, 5.41) is 11.8. The standard InChI is InChI=1S/C11H17NO3S/c1-9(2)12-10-5-3-4-6-11(10)16(14,15)8-7-13/h3-6,9,12-13H,7-8H2,1-2H3. The van der Waals surface area contributed by atoms with Gasteiger partial charge in [0.1, 0.15) is 0 Å². The highest BCUT2D eigenvalue weighted by Gasteiger charge is 2.17. The number of hydrogen-bond donors (Lipinski definition) is 2. The fourth-order valence-electron chi connectivity index (χ4n) is 1.40. The van der Waals surface area contributed by atoms with Gasteiger partial charge in [-0.05, 0) is 26.0 Å². The van der Waals surface area contributed by atoms with E-state index in [9.17, 15) is 8.42 Å². The van der Waals surface area contributed by atoms with Crippen molar-refractivity contribution >= 4 is 15.5 Å². The molecule has 2 N–H and O–H groups in total. The van der Waals surface area contributed by atoms with Crippen molar-refractivity contribution in [1.29, 1.82) is 0 Å². The summed E-state index contributed by atoms with van der Waals surface area (Å²) in [6.45, 7) is 3.52. The van der Waals surface area contributed by atoms with E-state index in [1.54, 1.807) is 24.3 Å². The Bertz CT molecular complexity index is 440. The van der Waals surface area contributed by atoms with Crippen LogP contribution in [-0.2, 0) is 9.84 Å². The van der Waals surface area contributed by atoms with Gasteiger partial charge in [-0.2, -0.15) is 0 Å². The second kappa shape index (κ2) is 5.32. The summed E-state index contributed by atoms with van der Waals surface area (Å²) in [7, 11) is -3.40. The van der Waals surface area contributed by atoms with Crippen LogP contribution in [0.1, 0.15) is 13.8 Å². The lowest BCUT2D eigenvalue weighted by Gasteiger charge is -2.14. The fraction of sp³-hybridized carbons (Fsp3) is 0.455. The van der Waals surface area contributed by atoms with Crippen molar-refractivity contribution in [2.45, 2.75) is 24.8 Å². The second-order valence-corrected chi connectivity index (χ2v) is 5.92. The van der Waals surface area contributed by atoms with Crippen LogP contribution in [0.25, 0.3) is 0 Å². The number of para-hydroxylation sites is 1. The molecule has 0 amide bonds. The molecule has 1 aromatic rings. The van der Waals surface area contributed by atoms with Crippen LogP contribution in [0.2, 0.25) is 0 Å². The number of benzene rings is 1. The molecule has 4 nitrogen and oxygen atoms in total. The van der Waals surface area contributed by atoms with Gasteiger partial charge >= 0.3 is 0 Å². The van der Waals surface area contributed by atoms with Crippen LogP contribution in [0.3, 0.4) is 0 Å². The number of rotatable bonds is 5. The van der Waals surface area contributed by atoms with Crippen LogP contribution in [0.15, 0.2) is 29.2 Å². The summed E-state index contributed by atoms with van der Waals surface area (Å²) >= 11 is 0. The maximum absolute atomic E-state index is 11.8. The number of anilines is 1. The van der Waals surface area contributed by atoms with Gasteiger partial charge in [-0.15, -0.1) is 0 Å². The van der Waals surface area contributed by atoms with Gasteiger partial charge < -0.3 is 10.4 Å². The molecule has 0 saturated heterocycles. The van der Waals surface area contributed by atoms with Crippen LogP contribution < -0.4 is 5.32 Å². The molecule has 0 aliphatic heterocycles. The molecule has 0 spiro atoms. The van der Waals surface area contributed by atoms with E-state index < -0.39 is 9.84 Å². The second-order valence-electron chi connectivity index (χ2n) is 3.84. The molecule has 0 aliphatic rings. The van der Waals surface area contributed by atoms with Crippen molar-refractivity contribution in [2.75, 3.05) is 17.7 Å². The monoisotopic (exact) mass is 243 g/mol. The predicted molar refractivity (Wildman–Crippen MR) is 64.3 cm³/mol. The van der Waals surface area contributed by atoms with Gasteiger partial charge in [0.05, 0.1) is 22.9 Å². The van der Waals surface area contributed by atoms with Gasteiger partial charge in [0.15, 0.2) is 9.84 Å². The molecule has 0 heterocycles. The van der Waals surface area contributed by atoms with Crippen LogP contribution >= 0.6 is 0 Å². The predicted octanol–water partition coefficient (Wildman–Crippen LogP) is 1.27. The fourth-order valence-corrected chi connectivity index (χ4v) is 2.61. The zero-order chi connectivity index (χ0) is 12.2. The highest BCUT2D eigenvalue weighted by Crippen LogP contribution is 2.22. The van der Waals surface area contributed by atoms with E-state index in [2.05, 4.69) is 5.32 Å². The minimum atomic E-state index is -3.40. The van der Waals surface area contributed by atoms with Crippen molar-refractivity contribution in [3.63, 3.8) is 0 Å². The normalized spacial score (nSPS) is 11.8. The molecule has 0 saturated carbocycles. The van der Waals surface area contributed by atoms with Gasteiger partial charge in [-0.3, -0.25) is 0 Å². The Hall–Kier alpha value is -1.07. The van der Waals surface area contributed by atoms with Crippen molar-refractivity contribution in [1.82, 2.24) is 0 Å². The highest BCUT2D eigenvalue weighted by molar-refractivity contribution is 7.91. The van der Waals surface area contributed by atoms with Gasteiger partial charge in [0.2, 0.25) is 0 Å². The smallest absolute Gasteiger partial charge is 0.182 e. The number of sulfone groups is 1. The minimum absolute atomic E-state index is 0.158. The van der Waals surface area contributed by atoms with Crippen LogP contribution in [-0.4, -0.2) is 31.9 Å². The molecule has 0 bridgehead atoms. The maximum Gasteiger partial charge on any atom is 0.182 e. The third-order valence-corrected chi connectivity index (χ3v) is 3.77. The maximum atomic E-state index is 11.8. The summed E-state index contributed by atoms with van der Waals surface area (Å²) in [4.78, 5) is 0.248.